The normalized spacial score (nSPS) is 10.1. The Balaban J connectivity index is 2.20. The van der Waals surface area contributed by atoms with Crippen molar-refractivity contribution in [2.24, 2.45) is 0 Å². The predicted octanol–water partition coefficient (Wildman–Crippen LogP) is 4.20. The number of carbonyl (C=O) groups excluding carboxylic acids is 1. The van der Waals surface area contributed by atoms with Crippen molar-refractivity contribution in [1.29, 1.82) is 5.26 Å². The van der Waals surface area contributed by atoms with Crippen LogP contribution in [0.1, 0.15) is 21.6 Å². The smallest absolute Gasteiger partial charge is 0.258 e. The van der Waals surface area contributed by atoms with Crippen LogP contribution in [0.5, 0.6) is 11.6 Å². The van der Waals surface area contributed by atoms with E-state index >= 15 is 0 Å². The van der Waals surface area contributed by atoms with Crippen molar-refractivity contribution in [3.05, 3.63) is 71.4 Å². The Kier molecular flexibility index (Phi) is 5.56. The quantitative estimate of drug-likeness (QED) is 0.725. The molecule has 1 heterocycles. The second-order valence-electron chi connectivity index (χ2n) is 5.96. The lowest BCUT2D eigenvalue weighted by atomic mass is 9.94. The van der Waals surface area contributed by atoms with Crippen LogP contribution in [0.15, 0.2) is 54.6 Å². The molecule has 0 aliphatic rings. The van der Waals surface area contributed by atoms with E-state index in [9.17, 15) is 10.1 Å². The molecule has 0 unspecified atom stereocenters. The summed E-state index contributed by atoms with van der Waals surface area (Å²) in [7, 11) is 2.99. The number of hydrogen-bond donors (Lipinski definition) is 1. The van der Waals surface area contributed by atoms with Crippen molar-refractivity contribution in [3.63, 3.8) is 0 Å². The number of carbonyl (C=O) groups is 1. The Morgan fingerprint density at radius 1 is 1.04 bits per heavy atom. The molecule has 140 valence electrons. The number of benzene rings is 2. The molecule has 1 amide bonds. The van der Waals surface area contributed by atoms with Crippen molar-refractivity contribution in [1.82, 2.24) is 4.98 Å². The van der Waals surface area contributed by atoms with Gasteiger partial charge in [-0.15, -0.1) is 0 Å². The number of nitriles is 1. The largest absolute Gasteiger partial charge is 0.495 e. The molecular formula is C22H19N3O3. The van der Waals surface area contributed by atoms with Gasteiger partial charge in [-0.05, 0) is 24.6 Å². The van der Waals surface area contributed by atoms with E-state index in [4.69, 9.17) is 9.47 Å². The fourth-order valence-electron chi connectivity index (χ4n) is 3.03. The van der Waals surface area contributed by atoms with Gasteiger partial charge in [0.1, 0.15) is 17.4 Å². The van der Waals surface area contributed by atoms with Gasteiger partial charge in [-0.2, -0.15) is 5.26 Å². The molecule has 0 saturated heterocycles. The third-order valence-electron chi connectivity index (χ3n) is 4.29. The first-order valence-electron chi connectivity index (χ1n) is 8.59. The van der Waals surface area contributed by atoms with Gasteiger partial charge >= 0.3 is 0 Å². The van der Waals surface area contributed by atoms with Crippen LogP contribution in [0.4, 0.5) is 5.69 Å². The Morgan fingerprint density at radius 3 is 2.36 bits per heavy atom. The SMILES string of the molecule is COc1ccccc1NC(=O)c1c(C)nc(OC)c(C#N)c1-c1ccccc1. The molecule has 28 heavy (non-hydrogen) atoms. The van der Waals surface area contributed by atoms with Crippen LogP contribution in [0.2, 0.25) is 0 Å². The number of rotatable bonds is 5. The van der Waals surface area contributed by atoms with E-state index in [1.807, 2.05) is 36.4 Å². The summed E-state index contributed by atoms with van der Waals surface area (Å²) in [6.07, 6.45) is 0. The number of aromatic nitrogens is 1. The van der Waals surface area contributed by atoms with Gasteiger partial charge in [0, 0.05) is 5.56 Å². The molecule has 0 bridgehead atoms. The molecule has 0 fully saturated rings. The first kappa shape index (κ1) is 18.9. The molecule has 0 aliphatic carbocycles. The number of amides is 1. The van der Waals surface area contributed by atoms with Crippen LogP contribution in [0.3, 0.4) is 0 Å². The molecule has 3 aromatic rings. The van der Waals surface area contributed by atoms with Crippen LogP contribution in [0.25, 0.3) is 11.1 Å². The number of para-hydroxylation sites is 2. The molecular weight excluding hydrogens is 354 g/mol. The third kappa shape index (κ3) is 3.51. The summed E-state index contributed by atoms with van der Waals surface area (Å²) < 4.78 is 10.6. The topological polar surface area (TPSA) is 84.2 Å². The summed E-state index contributed by atoms with van der Waals surface area (Å²) in [5.41, 5.74) is 2.73. The van der Waals surface area contributed by atoms with Crippen LogP contribution in [-0.2, 0) is 0 Å². The molecule has 0 aliphatic heterocycles. The third-order valence-corrected chi connectivity index (χ3v) is 4.29. The average Bonchev–Trinajstić information content (AvgIpc) is 2.73. The zero-order valence-electron chi connectivity index (χ0n) is 15.8. The lowest BCUT2D eigenvalue weighted by Crippen LogP contribution is -2.17. The highest BCUT2D eigenvalue weighted by atomic mass is 16.5. The number of ether oxygens (including phenoxy) is 2. The summed E-state index contributed by atoms with van der Waals surface area (Å²) in [4.78, 5) is 17.5. The number of methoxy groups -OCH3 is 2. The van der Waals surface area contributed by atoms with E-state index in [0.717, 1.165) is 5.56 Å². The number of aryl methyl sites for hydroxylation is 1. The average molecular weight is 373 g/mol. The molecule has 1 aromatic heterocycles. The maximum atomic E-state index is 13.2. The minimum atomic E-state index is -0.382. The molecule has 6 nitrogen and oxygen atoms in total. The second kappa shape index (κ2) is 8.23. The van der Waals surface area contributed by atoms with E-state index < -0.39 is 0 Å². The lowest BCUT2D eigenvalue weighted by Gasteiger charge is -2.17. The van der Waals surface area contributed by atoms with Gasteiger partial charge in [0.25, 0.3) is 5.91 Å². The van der Waals surface area contributed by atoms with Crippen LogP contribution < -0.4 is 14.8 Å². The summed E-state index contributed by atoms with van der Waals surface area (Å²) >= 11 is 0. The summed E-state index contributed by atoms with van der Waals surface area (Å²) in [5.74, 6) is 0.344. The summed E-state index contributed by atoms with van der Waals surface area (Å²) in [6, 6.07) is 18.5. The van der Waals surface area contributed by atoms with Crippen LogP contribution in [-0.4, -0.2) is 25.1 Å². The maximum absolute atomic E-state index is 13.2. The second-order valence-corrected chi connectivity index (χ2v) is 5.96. The minimum Gasteiger partial charge on any atom is -0.495 e. The van der Waals surface area contributed by atoms with E-state index in [1.165, 1.54) is 14.2 Å². The first-order valence-corrected chi connectivity index (χ1v) is 8.59. The highest BCUT2D eigenvalue weighted by Crippen LogP contribution is 2.35. The van der Waals surface area contributed by atoms with Crippen molar-refractivity contribution >= 4 is 11.6 Å². The van der Waals surface area contributed by atoms with E-state index in [1.54, 1.807) is 25.1 Å². The van der Waals surface area contributed by atoms with E-state index in [-0.39, 0.29) is 17.4 Å². The van der Waals surface area contributed by atoms with Crippen LogP contribution >= 0.6 is 0 Å². The Morgan fingerprint density at radius 2 is 1.71 bits per heavy atom. The van der Waals surface area contributed by atoms with Gasteiger partial charge in [-0.25, -0.2) is 4.98 Å². The molecule has 0 atom stereocenters. The molecule has 0 spiro atoms. The van der Waals surface area contributed by atoms with Gasteiger partial charge in [0.2, 0.25) is 5.88 Å². The van der Waals surface area contributed by atoms with Crippen LogP contribution in [0, 0.1) is 18.3 Å². The van der Waals surface area contributed by atoms with Gasteiger partial charge < -0.3 is 14.8 Å². The summed E-state index contributed by atoms with van der Waals surface area (Å²) in [6.45, 7) is 1.72. The zero-order valence-corrected chi connectivity index (χ0v) is 15.8. The van der Waals surface area contributed by atoms with Crippen molar-refractivity contribution < 1.29 is 14.3 Å². The monoisotopic (exact) mass is 373 g/mol. The number of nitrogens with one attached hydrogen (secondary N) is 1. The standard InChI is InChI=1S/C22H19N3O3/c1-14-19(21(26)25-17-11-7-8-12-18(17)27-2)20(15-9-5-4-6-10-15)16(13-23)22(24-14)28-3/h4-12H,1-3H3,(H,25,26). The Hall–Kier alpha value is -3.85. The maximum Gasteiger partial charge on any atom is 0.258 e. The fraction of sp³-hybridized carbons (Fsp3) is 0.136. The van der Waals surface area contributed by atoms with Crippen molar-refractivity contribution in [3.8, 4) is 28.8 Å². The molecule has 0 saturated carbocycles. The molecule has 3 rings (SSSR count). The van der Waals surface area contributed by atoms with Gasteiger partial charge in [0.15, 0.2) is 0 Å². The molecule has 6 heteroatoms. The number of hydrogen-bond acceptors (Lipinski definition) is 5. The zero-order chi connectivity index (χ0) is 20.1. The Labute approximate surface area is 163 Å². The van der Waals surface area contributed by atoms with Crippen molar-refractivity contribution in [2.45, 2.75) is 6.92 Å². The Bertz CT molecular complexity index is 1060. The molecule has 1 N–H and O–H groups in total. The van der Waals surface area contributed by atoms with E-state index in [2.05, 4.69) is 16.4 Å². The van der Waals surface area contributed by atoms with Gasteiger partial charge in [0.05, 0.1) is 31.2 Å². The molecule has 0 radical (unpaired) electrons. The van der Waals surface area contributed by atoms with Gasteiger partial charge in [-0.1, -0.05) is 42.5 Å². The number of pyridine rings is 1. The number of nitrogens with zero attached hydrogens (tertiary/aromatic N) is 2. The number of anilines is 1. The van der Waals surface area contributed by atoms with Crippen molar-refractivity contribution in [2.75, 3.05) is 19.5 Å². The lowest BCUT2D eigenvalue weighted by molar-refractivity contribution is 0.102. The molecule has 2 aromatic carbocycles. The fourth-order valence-corrected chi connectivity index (χ4v) is 3.03. The highest BCUT2D eigenvalue weighted by molar-refractivity contribution is 6.11. The summed E-state index contributed by atoms with van der Waals surface area (Å²) in [5, 5.41) is 12.6. The highest BCUT2D eigenvalue weighted by Gasteiger charge is 2.25. The first-order chi connectivity index (χ1) is 13.6. The van der Waals surface area contributed by atoms with Gasteiger partial charge in [-0.3, -0.25) is 4.79 Å². The minimum absolute atomic E-state index is 0.188. The van der Waals surface area contributed by atoms with E-state index in [0.29, 0.717) is 28.3 Å². The predicted molar refractivity (Wildman–Crippen MR) is 107 cm³/mol.